The summed E-state index contributed by atoms with van der Waals surface area (Å²) >= 11 is 5.93. The van der Waals surface area contributed by atoms with Gasteiger partial charge in [0.2, 0.25) is 0 Å². The molecule has 92 valence electrons. The Morgan fingerprint density at radius 2 is 2.00 bits per heavy atom. The topological polar surface area (TPSA) is 52.0 Å². The zero-order valence-corrected chi connectivity index (χ0v) is 10.5. The van der Waals surface area contributed by atoms with Crippen LogP contribution in [-0.4, -0.2) is 6.54 Å². The Morgan fingerprint density at radius 3 is 2.62 bits per heavy atom. The second-order valence-electron chi connectivity index (χ2n) is 3.56. The fourth-order valence-corrected chi connectivity index (χ4v) is 1.72. The van der Waals surface area contributed by atoms with E-state index in [9.17, 15) is 4.39 Å². The van der Waals surface area contributed by atoms with E-state index in [0.29, 0.717) is 17.1 Å². The van der Waals surface area contributed by atoms with Gasteiger partial charge in [0.15, 0.2) is 0 Å². The van der Waals surface area contributed by atoms with Crippen LogP contribution in [0.4, 0.5) is 4.39 Å². The van der Waals surface area contributed by atoms with Gasteiger partial charge in [-0.3, -0.25) is 0 Å². The lowest BCUT2D eigenvalue weighted by Crippen LogP contribution is -2.12. The molecule has 5 heteroatoms. The van der Waals surface area contributed by atoms with Gasteiger partial charge in [-0.25, -0.2) is 4.39 Å². The summed E-state index contributed by atoms with van der Waals surface area (Å²) in [5.74, 6) is -0.302. The molecule has 0 aliphatic heterocycles. The molecule has 0 amide bonds. The third-order valence-electron chi connectivity index (χ3n) is 2.33. The SMILES string of the molecule is Cl.NCCCC[C@@H](N)c1cc(F)ccc1Cl. The molecule has 0 aromatic heterocycles. The summed E-state index contributed by atoms with van der Waals surface area (Å²) in [5, 5.41) is 0.525. The van der Waals surface area contributed by atoms with E-state index in [0.717, 1.165) is 19.3 Å². The zero-order valence-electron chi connectivity index (χ0n) is 8.96. The minimum absolute atomic E-state index is 0. The quantitative estimate of drug-likeness (QED) is 0.806. The number of hydrogen-bond acceptors (Lipinski definition) is 2. The lowest BCUT2D eigenvalue weighted by Gasteiger charge is -2.13. The Kier molecular flexibility index (Phi) is 7.68. The van der Waals surface area contributed by atoms with Crippen molar-refractivity contribution >= 4 is 24.0 Å². The molecule has 16 heavy (non-hydrogen) atoms. The smallest absolute Gasteiger partial charge is 0.123 e. The van der Waals surface area contributed by atoms with Crippen molar-refractivity contribution < 1.29 is 4.39 Å². The molecule has 1 aromatic carbocycles. The normalized spacial score (nSPS) is 12.0. The van der Waals surface area contributed by atoms with Crippen LogP contribution in [0.2, 0.25) is 5.02 Å². The average Bonchev–Trinajstić information content (AvgIpc) is 2.22. The summed E-state index contributed by atoms with van der Waals surface area (Å²) in [7, 11) is 0. The first-order chi connectivity index (χ1) is 7.15. The van der Waals surface area contributed by atoms with Gasteiger partial charge in [-0.05, 0) is 43.1 Å². The summed E-state index contributed by atoms with van der Waals surface area (Å²) < 4.78 is 13.0. The van der Waals surface area contributed by atoms with Crippen molar-refractivity contribution in [2.24, 2.45) is 11.5 Å². The van der Waals surface area contributed by atoms with E-state index >= 15 is 0 Å². The van der Waals surface area contributed by atoms with Gasteiger partial charge in [0.05, 0.1) is 0 Å². The monoisotopic (exact) mass is 266 g/mol. The zero-order chi connectivity index (χ0) is 11.3. The predicted molar refractivity (Wildman–Crippen MR) is 68.5 cm³/mol. The van der Waals surface area contributed by atoms with Crippen LogP contribution in [-0.2, 0) is 0 Å². The van der Waals surface area contributed by atoms with Gasteiger partial charge in [0.1, 0.15) is 5.82 Å². The van der Waals surface area contributed by atoms with Crippen LogP contribution >= 0.6 is 24.0 Å². The van der Waals surface area contributed by atoms with Crippen LogP contribution in [0, 0.1) is 5.82 Å². The molecule has 0 saturated heterocycles. The maximum Gasteiger partial charge on any atom is 0.123 e. The first-order valence-corrected chi connectivity index (χ1v) is 5.43. The van der Waals surface area contributed by atoms with Gasteiger partial charge >= 0.3 is 0 Å². The predicted octanol–water partition coefficient (Wildman–Crippen LogP) is 3.03. The maximum absolute atomic E-state index is 13.0. The first-order valence-electron chi connectivity index (χ1n) is 5.05. The van der Waals surface area contributed by atoms with Crippen LogP contribution in [0.15, 0.2) is 18.2 Å². The number of rotatable bonds is 5. The van der Waals surface area contributed by atoms with Crippen LogP contribution in [0.25, 0.3) is 0 Å². The van der Waals surface area contributed by atoms with E-state index in [-0.39, 0.29) is 24.3 Å². The summed E-state index contributed by atoms with van der Waals surface area (Å²) in [6.07, 6.45) is 2.64. The van der Waals surface area contributed by atoms with Crippen LogP contribution in [0.1, 0.15) is 30.9 Å². The molecule has 0 aliphatic carbocycles. The highest BCUT2D eigenvalue weighted by Gasteiger charge is 2.10. The molecule has 0 bridgehead atoms. The van der Waals surface area contributed by atoms with Crippen molar-refractivity contribution in [2.75, 3.05) is 6.54 Å². The Balaban J connectivity index is 0.00000225. The lowest BCUT2D eigenvalue weighted by molar-refractivity contribution is 0.580. The fraction of sp³-hybridized carbons (Fsp3) is 0.455. The molecule has 0 aliphatic rings. The molecule has 1 rings (SSSR count). The van der Waals surface area contributed by atoms with E-state index in [2.05, 4.69) is 0 Å². The molecule has 2 nitrogen and oxygen atoms in total. The fourth-order valence-electron chi connectivity index (χ4n) is 1.46. The van der Waals surface area contributed by atoms with Crippen LogP contribution < -0.4 is 11.5 Å². The highest BCUT2D eigenvalue weighted by atomic mass is 35.5. The summed E-state index contributed by atoms with van der Waals surface area (Å²) in [4.78, 5) is 0. The molecule has 1 atom stereocenters. The van der Waals surface area contributed by atoms with Crippen molar-refractivity contribution in [1.82, 2.24) is 0 Å². The molecule has 1 aromatic rings. The summed E-state index contributed by atoms with van der Waals surface area (Å²) in [6.45, 7) is 0.656. The summed E-state index contributed by atoms with van der Waals surface area (Å²) in [6, 6.07) is 4.06. The van der Waals surface area contributed by atoms with Crippen molar-refractivity contribution in [3.63, 3.8) is 0 Å². The lowest BCUT2D eigenvalue weighted by atomic mass is 10.0. The largest absolute Gasteiger partial charge is 0.330 e. The molecule has 0 radical (unpaired) electrons. The van der Waals surface area contributed by atoms with E-state index in [1.807, 2.05) is 0 Å². The minimum Gasteiger partial charge on any atom is -0.330 e. The molecular formula is C11H17Cl2FN2. The van der Waals surface area contributed by atoms with Gasteiger partial charge in [-0.15, -0.1) is 12.4 Å². The number of benzene rings is 1. The second kappa shape index (κ2) is 7.85. The first kappa shape index (κ1) is 15.7. The summed E-state index contributed by atoms with van der Waals surface area (Å²) in [5.41, 5.74) is 12.0. The number of hydrogen-bond donors (Lipinski definition) is 2. The van der Waals surface area contributed by atoms with Gasteiger partial charge < -0.3 is 11.5 Å². The molecule has 0 fully saturated rings. The Morgan fingerprint density at radius 1 is 1.31 bits per heavy atom. The van der Waals surface area contributed by atoms with E-state index in [4.69, 9.17) is 23.1 Å². The maximum atomic E-state index is 13.0. The number of unbranched alkanes of at least 4 members (excludes halogenated alkanes) is 1. The Bertz CT molecular complexity index is 321. The van der Waals surface area contributed by atoms with Gasteiger partial charge in [0, 0.05) is 11.1 Å². The van der Waals surface area contributed by atoms with Crippen molar-refractivity contribution in [1.29, 1.82) is 0 Å². The van der Waals surface area contributed by atoms with Crippen LogP contribution in [0.5, 0.6) is 0 Å². The molecular weight excluding hydrogens is 250 g/mol. The van der Waals surface area contributed by atoms with Crippen molar-refractivity contribution in [3.05, 3.63) is 34.6 Å². The Hall–Kier alpha value is -0.350. The van der Waals surface area contributed by atoms with E-state index in [1.54, 1.807) is 0 Å². The van der Waals surface area contributed by atoms with Gasteiger partial charge in [0.25, 0.3) is 0 Å². The van der Waals surface area contributed by atoms with E-state index < -0.39 is 0 Å². The second-order valence-corrected chi connectivity index (χ2v) is 3.96. The number of halogens is 3. The third-order valence-corrected chi connectivity index (χ3v) is 2.67. The van der Waals surface area contributed by atoms with Crippen LogP contribution in [0.3, 0.4) is 0 Å². The van der Waals surface area contributed by atoms with E-state index in [1.165, 1.54) is 18.2 Å². The molecule has 0 spiro atoms. The highest BCUT2D eigenvalue weighted by molar-refractivity contribution is 6.31. The van der Waals surface area contributed by atoms with Crippen molar-refractivity contribution in [3.8, 4) is 0 Å². The highest BCUT2D eigenvalue weighted by Crippen LogP contribution is 2.25. The molecule has 4 N–H and O–H groups in total. The van der Waals surface area contributed by atoms with Gasteiger partial charge in [-0.2, -0.15) is 0 Å². The average molecular weight is 267 g/mol. The molecule has 0 heterocycles. The molecule has 0 saturated carbocycles. The standard InChI is InChI=1S/C11H16ClFN2.ClH/c12-10-5-4-8(13)7-9(10)11(15)3-1-2-6-14;/h4-5,7,11H,1-3,6,14-15H2;1H/t11-;/m1./s1. The number of nitrogens with two attached hydrogens (primary N) is 2. The third kappa shape index (κ3) is 4.66. The van der Waals surface area contributed by atoms with Crippen molar-refractivity contribution in [2.45, 2.75) is 25.3 Å². The van der Waals surface area contributed by atoms with Gasteiger partial charge in [-0.1, -0.05) is 18.0 Å². The minimum atomic E-state index is -0.302. The Labute approximate surface area is 107 Å². The molecule has 0 unspecified atom stereocenters.